The number of amides is 1. The van der Waals surface area contributed by atoms with E-state index in [4.69, 9.17) is 19.9 Å². The molecular formula is C19H22N2O6S. The molecule has 3 rings (SSSR count). The van der Waals surface area contributed by atoms with Gasteiger partial charge in [-0.1, -0.05) is 0 Å². The van der Waals surface area contributed by atoms with Crippen molar-refractivity contribution in [1.29, 1.82) is 0 Å². The summed E-state index contributed by atoms with van der Waals surface area (Å²) in [4.78, 5) is 15.9. The second-order valence-electron chi connectivity index (χ2n) is 6.33. The Morgan fingerprint density at radius 3 is 2.07 bits per heavy atom. The fourth-order valence-corrected chi connectivity index (χ4v) is 4.96. The Labute approximate surface area is 163 Å². The molecule has 1 aromatic carbocycles. The molecule has 0 atom stereocenters. The highest BCUT2D eigenvalue weighted by molar-refractivity contribution is 7.93. The Kier molecular flexibility index (Phi) is 6.15. The van der Waals surface area contributed by atoms with E-state index >= 15 is 0 Å². The van der Waals surface area contributed by atoms with Gasteiger partial charge in [-0.3, -0.25) is 9.78 Å². The molecule has 8 nitrogen and oxygen atoms in total. The van der Waals surface area contributed by atoms with Gasteiger partial charge in [-0.05, 0) is 49.2 Å². The summed E-state index contributed by atoms with van der Waals surface area (Å²) in [5.74, 6) is 0.343. The van der Waals surface area contributed by atoms with Crippen molar-refractivity contribution in [3.8, 4) is 11.5 Å². The molecule has 0 radical (unpaired) electrons. The van der Waals surface area contributed by atoms with Crippen LogP contribution in [-0.2, 0) is 19.4 Å². The summed E-state index contributed by atoms with van der Waals surface area (Å²) in [6.45, 7) is 0.980. The molecular weight excluding hydrogens is 384 g/mol. The summed E-state index contributed by atoms with van der Waals surface area (Å²) in [5.41, 5.74) is 5.47. The van der Waals surface area contributed by atoms with E-state index in [2.05, 4.69) is 4.98 Å². The van der Waals surface area contributed by atoms with Crippen LogP contribution in [0.2, 0.25) is 0 Å². The molecule has 28 heavy (non-hydrogen) atoms. The van der Waals surface area contributed by atoms with Gasteiger partial charge < -0.3 is 19.9 Å². The smallest absolute Gasteiger partial charge is 0.239 e. The number of hydrogen-bond acceptors (Lipinski definition) is 7. The Morgan fingerprint density at radius 1 is 1.00 bits per heavy atom. The highest BCUT2D eigenvalue weighted by Crippen LogP contribution is 2.35. The monoisotopic (exact) mass is 406 g/mol. The second kappa shape index (κ2) is 8.57. The van der Waals surface area contributed by atoms with Gasteiger partial charge in [-0.2, -0.15) is 0 Å². The van der Waals surface area contributed by atoms with Crippen LogP contribution in [0.25, 0.3) is 0 Å². The number of carbonyl (C=O) groups excluding carboxylic acids is 1. The number of aromatic nitrogens is 1. The maximum absolute atomic E-state index is 13.1. The van der Waals surface area contributed by atoms with Crippen molar-refractivity contribution in [3.63, 3.8) is 0 Å². The Morgan fingerprint density at radius 2 is 1.54 bits per heavy atom. The van der Waals surface area contributed by atoms with E-state index in [1.807, 2.05) is 0 Å². The number of nitrogens with zero attached hydrogens (tertiary/aromatic N) is 1. The maximum atomic E-state index is 13.1. The number of primary amides is 1. The van der Waals surface area contributed by atoms with Crippen molar-refractivity contribution in [2.24, 2.45) is 5.73 Å². The number of hydrogen-bond donors (Lipinski definition) is 1. The van der Waals surface area contributed by atoms with E-state index in [-0.39, 0.29) is 37.6 Å². The summed E-state index contributed by atoms with van der Waals surface area (Å²) in [6.07, 6.45) is 3.36. The van der Waals surface area contributed by atoms with Gasteiger partial charge in [0, 0.05) is 25.6 Å². The molecule has 0 bridgehead atoms. The van der Waals surface area contributed by atoms with E-state index in [0.717, 1.165) is 0 Å². The van der Waals surface area contributed by atoms with Crippen LogP contribution in [0.4, 0.5) is 0 Å². The number of pyridine rings is 1. The summed E-state index contributed by atoms with van der Waals surface area (Å²) in [6, 6.07) is 9.43. The zero-order valence-corrected chi connectivity index (χ0v) is 16.1. The van der Waals surface area contributed by atoms with Crippen LogP contribution < -0.4 is 15.2 Å². The number of carbonyl (C=O) groups is 1. The fraction of sp³-hybridized carbons (Fsp3) is 0.368. The molecule has 0 saturated carbocycles. The molecule has 9 heteroatoms. The lowest BCUT2D eigenvalue weighted by molar-refractivity contribution is -0.122. The molecule has 2 aromatic rings. The van der Waals surface area contributed by atoms with Gasteiger partial charge in [0.15, 0.2) is 14.6 Å². The molecule has 1 aliphatic rings. The van der Waals surface area contributed by atoms with Gasteiger partial charge in [0.25, 0.3) is 0 Å². The fourth-order valence-electron chi connectivity index (χ4n) is 3.04. The second-order valence-corrected chi connectivity index (χ2v) is 8.59. The van der Waals surface area contributed by atoms with Crippen molar-refractivity contribution in [3.05, 3.63) is 48.8 Å². The van der Waals surface area contributed by atoms with E-state index in [1.165, 1.54) is 12.1 Å². The number of nitrogens with two attached hydrogens (primary N) is 1. The molecule has 1 aromatic heterocycles. The lowest BCUT2D eigenvalue weighted by Gasteiger charge is -2.33. The largest absolute Gasteiger partial charge is 0.490 e. The number of rotatable bonds is 8. The SMILES string of the molecule is NC(=O)C1(S(=O)(=O)c2ccc(OCCOc3ccncc3)cc2)CCOCC1. The molecule has 1 fully saturated rings. The van der Waals surface area contributed by atoms with Gasteiger partial charge in [-0.25, -0.2) is 8.42 Å². The minimum Gasteiger partial charge on any atom is -0.490 e. The first kappa shape index (κ1) is 20.1. The third kappa shape index (κ3) is 4.10. The highest BCUT2D eigenvalue weighted by Gasteiger charge is 2.51. The van der Waals surface area contributed by atoms with Crippen LogP contribution in [-0.4, -0.2) is 50.5 Å². The minimum absolute atomic E-state index is 0.0357. The topological polar surface area (TPSA) is 118 Å². The van der Waals surface area contributed by atoms with Crippen LogP contribution in [0.5, 0.6) is 11.5 Å². The van der Waals surface area contributed by atoms with Crippen molar-refractivity contribution >= 4 is 15.7 Å². The third-order valence-electron chi connectivity index (χ3n) is 4.67. The Bertz CT molecular complexity index is 894. The summed E-state index contributed by atoms with van der Waals surface area (Å²) >= 11 is 0. The molecule has 150 valence electrons. The molecule has 0 spiro atoms. The zero-order valence-electron chi connectivity index (χ0n) is 15.2. The van der Waals surface area contributed by atoms with Crippen molar-refractivity contribution < 1.29 is 27.4 Å². The average Bonchev–Trinajstić information content (AvgIpc) is 2.72. The summed E-state index contributed by atoms with van der Waals surface area (Å²) in [7, 11) is -3.94. The quantitative estimate of drug-likeness (QED) is 0.657. The molecule has 2 N–H and O–H groups in total. The van der Waals surface area contributed by atoms with Crippen molar-refractivity contribution in [2.45, 2.75) is 22.5 Å². The van der Waals surface area contributed by atoms with Gasteiger partial charge >= 0.3 is 0 Å². The van der Waals surface area contributed by atoms with E-state index in [9.17, 15) is 13.2 Å². The first-order valence-electron chi connectivity index (χ1n) is 8.84. The summed E-state index contributed by atoms with van der Waals surface area (Å²) < 4.78 is 40.8. The predicted octanol–water partition coefficient (Wildman–Crippen LogP) is 1.35. The van der Waals surface area contributed by atoms with E-state index in [0.29, 0.717) is 18.1 Å². The van der Waals surface area contributed by atoms with E-state index in [1.54, 1.807) is 36.7 Å². The number of sulfone groups is 1. The third-order valence-corrected chi connectivity index (χ3v) is 7.20. The average molecular weight is 406 g/mol. The molecule has 1 saturated heterocycles. The van der Waals surface area contributed by atoms with Crippen molar-refractivity contribution in [2.75, 3.05) is 26.4 Å². The molecule has 0 aliphatic carbocycles. The lowest BCUT2D eigenvalue weighted by atomic mass is 9.98. The van der Waals surface area contributed by atoms with Crippen molar-refractivity contribution in [1.82, 2.24) is 4.98 Å². The van der Waals surface area contributed by atoms with Crippen LogP contribution in [0, 0.1) is 0 Å². The standard InChI is InChI=1S/C19H22N2O6S/c20-18(22)19(7-11-25-12-8-19)28(23,24)17-3-1-15(2-4-17)26-13-14-27-16-5-9-21-10-6-16/h1-6,9-10H,7-8,11-14H2,(H2,20,22). The lowest BCUT2D eigenvalue weighted by Crippen LogP contribution is -2.53. The molecule has 1 aliphatic heterocycles. The Hall–Kier alpha value is -2.65. The van der Waals surface area contributed by atoms with Crippen LogP contribution in [0.15, 0.2) is 53.7 Å². The maximum Gasteiger partial charge on any atom is 0.239 e. The minimum atomic E-state index is -3.94. The van der Waals surface area contributed by atoms with Crippen LogP contribution in [0.1, 0.15) is 12.8 Å². The first-order valence-corrected chi connectivity index (χ1v) is 10.3. The molecule has 2 heterocycles. The normalized spacial score (nSPS) is 16.3. The number of benzene rings is 1. The van der Waals surface area contributed by atoms with Gasteiger partial charge in [0.2, 0.25) is 5.91 Å². The predicted molar refractivity (Wildman–Crippen MR) is 101 cm³/mol. The van der Waals surface area contributed by atoms with E-state index < -0.39 is 20.5 Å². The number of ether oxygens (including phenoxy) is 3. The highest BCUT2D eigenvalue weighted by atomic mass is 32.2. The van der Waals surface area contributed by atoms with Crippen LogP contribution in [0.3, 0.4) is 0 Å². The molecule has 1 amide bonds. The Balaban J connectivity index is 1.63. The summed E-state index contributed by atoms with van der Waals surface area (Å²) in [5, 5.41) is 0. The van der Waals surface area contributed by atoms with Crippen LogP contribution >= 0.6 is 0 Å². The van der Waals surface area contributed by atoms with Gasteiger partial charge in [0.05, 0.1) is 4.90 Å². The zero-order chi connectivity index (χ0) is 20.0. The van der Waals surface area contributed by atoms with Gasteiger partial charge in [-0.15, -0.1) is 0 Å². The molecule has 0 unspecified atom stereocenters. The van der Waals surface area contributed by atoms with Gasteiger partial charge in [0.1, 0.15) is 24.7 Å². The first-order chi connectivity index (χ1) is 13.5.